The first-order valence-electron chi connectivity index (χ1n) is 4.73. The van der Waals surface area contributed by atoms with Crippen molar-refractivity contribution in [1.29, 1.82) is 0 Å². The lowest BCUT2D eigenvalue weighted by atomic mass is 10.3. The lowest BCUT2D eigenvalue weighted by molar-refractivity contribution is 0.0572. The third-order valence-electron chi connectivity index (χ3n) is 2.42. The predicted octanol–water partition coefficient (Wildman–Crippen LogP) is -1.49. The maximum atomic E-state index is 9.34. The van der Waals surface area contributed by atoms with Gasteiger partial charge in [-0.2, -0.15) is 0 Å². The summed E-state index contributed by atoms with van der Waals surface area (Å²) in [6.07, 6.45) is 1.57. The van der Waals surface area contributed by atoms with Gasteiger partial charge in [-0.15, -0.1) is 0 Å². The average Bonchev–Trinajstić information content (AvgIpc) is 2.59. The Labute approximate surface area is 86.8 Å². The first kappa shape index (κ1) is 10.3. The highest BCUT2D eigenvalue weighted by Crippen LogP contribution is 2.16. The van der Waals surface area contributed by atoms with Gasteiger partial charge in [0.1, 0.15) is 0 Å². The van der Waals surface area contributed by atoms with Crippen LogP contribution in [0.15, 0.2) is 12.4 Å². The third-order valence-corrected chi connectivity index (χ3v) is 2.42. The molecule has 1 fully saturated rings. The summed E-state index contributed by atoms with van der Waals surface area (Å²) < 4.78 is 0. The van der Waals surface area contributed by atoms with Gasteiger partial charge in [0.05, 0.1) is 18.8 Å². The number of aromatic nitrogens is 2. The van der Waals surface area contributed by atoms with Crippen LogP contribution in [0.4, 0.5) is 5.95 Å². The topological polar surface area (TPSA) is 89.7 Å². The summed E-state index contributed by atoms with van der Waals surface area (Å²) in [6, 6.07) is 0. The Hall–Kier alpha value is -1.24. The van der Waals surface area contributed by atoms with Crippen molar-refractivity contribution >= 4 is 5.95 Å². The molecule has 0 saturated carbocycles. The predicted molar refractivity (Wildman–Crippen MR) is 52.2 cm³/mol. The number of hydrogen-bond acceptors (Lipinski definition) is 6. The summed E-state index contributed by atoms with van der Waals surface area (Å²) in [7, 11) is 0. The smallest absolute Gasteiger partial charge is 0.225 e. The normalized spacial score (nSPS) is 25.9. The first-order valence-corrected chi connectivity index (χ1v) is 4.73. The molecule has 0 bridgehead atoms. The molecule has 15 heavy (non-hydrogen) atoms. The second-order valence-corrected chi connectivity index (χ2v) is 3.59. The number of nitrogens with zero attached hydrogens (tertiary/aromatic N) is 3. The number of aliphatic hydroxyl groups excluding tert-OH is 3. The van der Waals surface area contributed by atoms with Crippen LogP contribution in [0.1, 0.15) is 5.56 Å². The fourth-order valence-corrected chi connectivity index (χ4v) is 1.53. The molecule has 3 N–H and O–H groups in total. The van der Waals surface area contributed by atoms with Gasteiger partial charge in [-0.05, 0) is 0 Å². The molecular formula is C9H13N3O3. The zero-order valence-corrected chi connectivity index (χ0v) is 8.11. The van der Waals surface area contributed by atoms with E-state index < -0.39 is 12.2 Å². The minimum absolute atomic E-state index is 0.0917. The Morgan fingerprint density at radius 1 is 1.20 bits per heavy atom. The van der Waals surface area contributed by atoms with Gasteiger partial charge in [0.15, 0.2) is 0 Å². The molecule has 0 radical (unpaired) electrons. The van der Waals surface area contributed by atoms with Gasteiger partial charge in [-0.1, -0.05) is 0 Å². The van der Waals surface area contributed by atoms with Gasteiger partial charge < -0.3 is 20.2 Å². The minimum Gasteiger partial charge on any atom is -0.392 e. The fourth-order valence-electron chi connectivity index (χ4n) is 1.53. The van der Waals surface area contributed by atoms with Crippen molar-refractivity contribution in [3.8, 4) is 0 Å². The minimum atomic E-state index is -0.744. The van der Waals surface area contributed by atoms with Gasteiger partial charge in [0.25, 0.3) is 0 Å². The molecule has 1 aromatic rings. The van der Waals surface area contributed by atoms with Crippen LogP contribution in [0.2, 0.25) is 0 Å². The summed E-state index contributed by atoms with van der Waals surface area (Å²) >= 11 is 0. The van der Waals surface area contributed by atoms with Gasteiger partial charge in [-0.3, -0.25) is 0 Å². The molecule has 2 heterocycles. The largest absolute Gasteiger partial charge is 0.392 e. The van der Waals surface area contributed by atoms with Crippen molar-refractivity contribution in [3.05, 3.63) is 18.0 Å². The van der Waals surface area contributed by atoms with E-state index in [-0.39, 0.29) is 6.61 Å². The third kappa shape index (κ3) is 2.06. The molecule has 1 aliphatic heterocycles. The molecule has 2 unspecified atom stereocenters. The Balaban J connectivity index is 2.10. The van der Waals surface area contributed by atoms with Crippen LogP contribution < -0.4 is 4.90 Å². The average molecular weight is 211 g/mol. The fraction of sp³-hybridized carbons (Fsp3) is 0.556. The quantitative estimate of drug-likeness (QED) is 0.552. The molecular weight excluding hydrogens is 198 g/mol. The van der Waals surface area contributed by atoms with E-state index >= 15 is 0 Å². The second-order valence-electron chi connectivity index (χ2n) is 3.59. The van der Waals surface area contributed by atoms with E-state index in [0.29, 0.717) is 24.6 Å². The number of rotatable bonds is 2. The SMILES string of the molecule is OCc1cnc(N2CC(O)C(O)C2)nc1. The molecule has 1 aromatic heterocycles. The highest BCUT2D eigenvalue weighted by molar-refractivity contribution is 5.32. The number of hydrogen-bond donors (Lipinski definition) is 3. The van der Waals surface area contributed by atoms with Crippen LogP contribution in [-0.4, -0.2) is 50.6 Å². The number of aliphatic hydroxyl groups is 3. The highest BCUT2D eigenvalue weighted by Gasteiger charge is 2.30. The van der Waals surface area contributed by atoms with Crippen LogP contribution in [0.25, 0.3) is 0 Å². The highest BCUT2D eigenvalue weighted by atomic mass is 16.3. The molecule has 0 spiro atoms. The van der Waals surface area contributed by atoms with Gasteiger partial charge >= 0.3 is 0 Å². The van der Waals surface area contributed by atoms with Crippen LogP contribution in [0.3, 0.4) is 0 Å². The molecule has 0 aliphatic carbocycles. The molecule has 0 amide bonds. The van der Waals surface area contributed by atoms with Gasteiger partial charge in [0.2, 0.25) is 5.95 Å². The van der Waals surface area contributed by atoms with E-state index in [1.807, 2.05) is 0 Å². The van der Waals surface area contributed by atoms with Crippen LogP contribution >= 0.6 is 0 Å². The summed E-state index contributed by atoms with van der Waals surface area (Å²) in [4.78, 5) is 9.77. The zero-order valence-electron chi connectivity index (χ0n) is 8.11. The van der Waals surface area contributed by atoms with Crippen molar-refractivity contribution in [2.45, 2.75) is 18.8 Å². The maximum Gasteiger partial charge on any atom is 0.225 e. The van der Waals surface area contributed by atoms with Crippen molar-refractivity contribution in [3.63, 3.8) is 0 Å². The Kier molecular flexibility index (Phi) is 2.81. The van der Waals surface area contributed by atoms with Crippen LogP contribution in [0.5, 0.6) is 0 Å². The van der Waals surface area contributed by atoms with Crippen molar-refractivity contribution < 1.29 is 15.3 Å². The summed E-state index contributed by atoms with van der Waals surface area (Å²) in [6.45, 7) is 0.574. The van der Waals surface area contributed by atoms with E-state index in [4.69, 9.17) is 5.11 Å². The number of β-amino-alcohol motifs (C(OH)–C–C–N with tert-alkyl or cyclic N) is 2. The molecule has 1 aliphatic rings. The Morgan fingerprint density at radius 2 is 1.73 bits per heavy atom. The van der Waals surface area contributed by atoms with E-state index in [9.17, 15) is 10.2 Å². The maximum absolute atomic E-state index is 9.34. The molecule has 82 valence electrons. The van der Waals surface area contributed by atoms with E-state index in [1.54, 1.807) is 4.90 Å². The molecule has 0 aromatic carbocycles. The Morgan fingerprint density at radius 3 is 2.20 bits per heavy atom. The van der Waals surface area contributed by atoms with Crippen molar-refractivity contribution in [2.75, 3.05) is 18.0 Å². The van der Waals surface area contributed by atoms with Crippen molar-refractivity contribution in [1.82, 2.24) is 9.97 Å². The van der Waals surface area contributed by atoms with Crippen LogP contribution in [-0.2, 0) is 6.61 Å². The second kappa shape index (κ2) is 4.09. The summed E-state index contributed by atoms with van der Waals surface area (Å²) in [5.74, 6) is 0.461. The first-order chi connectivity index (χ1) is 7.20. The van der Waals surface area contributed by atoms with Crippen LogP contribution in [0, 0.1) is 0 Å². The van der Waals surface area contributed by atoms with E-state index in [2.05, 4.69) is 9.97 Å². The van der Waals surface area contributed by atoms with E-state index in [1.165, 1.54) is 12.4 Å². The summed E-state index contributed by atoms with van der Waals surface area (Å²) in [5, 5.41) is 27.5. The summed E-state index contributed by atoms with van der Waals surface area (Å²) in [5.41, 5.74) is 0.638. The molecule has 2 rings (SSSR count). The zero-order chi connectivity index (χ0) is 10.8. The number of anilines is 1. The molecule has 6 heteroatoms. The van der Waals surface area contributed by atoms with Crippen molar-refractivity contribution in [2.24, 2.45) is 0 Å². The monoisotopic (exact) mass is 211 g/mol. The standard InChI is InChI=1S/C9H13N3O3/c13-5-6-1-10-9(11-2-6)12-3-7(14)8(15)4-12/h1-2,7-8,13-15H,3-5H2. The molecule has 1 saturated heterocycles. The lowest BCUT2D eigenvalue weighted by Gasteiger charge is -2.14. The lowest BCUT2D eigenvalue weighted by Crippen LogP contribution is -2.23. The molecule has 2 atom stereocenters. The van der Waals surface area contributed by atoms with Gasteiger partial charge in [-0.25, -0.2) is 9.97 Å². The van der Waals surface area contributed by atoms with Gasteiger partial charge in [0, 0.05) is 31.0 Å². The Bertz CT molecular complexity index is 320. The van der Waals surface area contributed by atoms with E-state index in [0.717, 1.165) is 0 Å². The molecule has 6 nitrogen and oxygen atoms in total.